The van der Waals surface area contributed by atoms with Crippen LogP contribution in [-0.2, 0) is 11.2 Å². The van der Waals surface area contributed by atoms with Crippen LogP contribution in [-0.4, -0.2) is 22.0 Å². The number of carboxylic acids is 1. The van der Waals surface area contributed by atoms with Crippen LogP contribution in [0.4, 0.5) is 11.4 Å². The number of carboxylic acid groups (broad SMARTS) is 1. The molecule has 0 fully saturated rings. The van der Waals surface area contributed by atoms with E-state index in [2.05, 4.69) is 5.32 Å². The standard InChI is InChI=1S/C9H8N2O4/c12-9(13)6-4-5-2-1-3-7(11(14)15)8(5)10-6/h1-3,6,10H,4H2,(H,12,13). The van der Waals surface area contributed by atoms with E-state index in [1.165, 1.54) is 6.07 Å². The number of nitrogens with one attached hydrogen (secondary N) is 1. The lowest BCUT2D eigenvalue weighted by molar-refractivity contribution is -0.383. The van der Waals surface area contributed by atoms with Gasteiger partial charge in [0.15, 0.2) is 0 Å². The fourth-order valence-corrected chi connectivity index (χ4v) is 1.67. The second-order valence-corrected chi connectivity index (χ2v) is 3.31. The summed E-state index contributed by atoms with van der Waals surface area (Å²) >= 11 is 0. The molecular formula is C9H8N2O4. The maximum absolute atomic E-state index is 10.7. The highest BCUT2D eigenvalue weighted by atomic mass is 16.6. The van der Waals surface area contributed by atoms with Crippen LogP contribution in [0.2, 0.25) is 0 Å². The van der Waals surface area contributed by atoms with Crippen LogP contribution in [0.25, 0.3) is 0 Å². The minimum Gasteiger partial charge on any atom is -0.480 e. The van der Waals surface area contributed by atoms with E-state index in [4.69, 9.17) is 5.11 Å². The zero-order valence-electron chi connectivity index (χ0n) is 7.64. The van der Waals surface area contributed by atoms with E-state index in [1.807, 2.05) is 0 Å². The zero-order valence-corrected chi connectivity index (χ0v) is 7.64. The second-order valence-electron chi connectivity index (χ2n) is 3.31. The Bertz CT molecular complexity index is 444. The minimum absolute atomic E-state index is 0.0729. The number of hydrogen-bond donors (Lipinski definition) is 2. The Balaban J connectivity index is 2.41. The van der Waals surface area contributed by atoms with Crippen molar-refractivity contribution in [1.82, 2.24) is 0 Å². The number of nitro benzene ring substituents is 1. The predicted molar refractivity (Wildman–Crippen MR) is 51.8 cm³/mol. The van der Waals surface area contributed by atoms with Crippen molar-refractivity contribution in [2.75, 3.05) is 5.32 Å². The largest absolute Gasteiger partial charge is 0.480 e. The first kappa shape index (κ1) is 9.45. The van der Waals surface area contributed by atoms with Crippen LogP contribution in [0.15, 0.2) is 18.2 Å². The van der Waals surface area contributed by atoms with E-state index >= 15 is 0 Å². The van der Waals surface area contributed by atoms with Crippen molar-refractivity contribution in [3.8, 4) is 0 Å². The first-order valence-corrected chi connectivity index (χ1v) is 4.35. The molecule has 0 saturated carbocycles. The van der Waals surface area contributed by atoms with Crippen LogP contribution in [0.1, 0.15) is 5.56 Å². The Morgan fingerprint density at radius 1 is 1.60 bits per heavy atom. The Morgan fingerprint density at radius 3 is 2.93 bits per heavy atom. The van der Waals surface area contributed by atoms with E-state index in [1.54, 1.807) is 12.1 Å². The van der Waals surface area contributed by atoms with Gasteiger partial charge in [-0.25, -0.2) is 4.79 Å². The molecule has 1 aromatic carbocycles. The summed E-state index contributed by atoms with van der Waals surface area (Å²) in [6.07, 6.45) is 0.284. The van der Waals surface area contributed by atoms with Gasteiger partial charge in [0.2, 0.25) is 0 Å². The summed E-state index contributed by atoms with van der Waals surface area (Å²) < 4.78 is 0. The van der Waals surface area contributed by atoms with Crippen molar-refractivity contribution >= 4 is 17.3 Å². The number of aliphatic carboxylic acids is 1. The van der Waals surface area contributed by atoms with E-state index in [9.17, 15) is 14.9 Å². The molecule has 0 amide bonds. The number of hydrogen-bond acceptors (Lipinski definition) is 4. The van der Waals surface area contributed by atoms with Gasteiger partial charge in [0.25, 0.3) is 5.69 Å². The lowest BCUT2D eigenvalue weighted by Gasteiger charge is -2.04. The molecule has 0 bridgehead atoms. The first-order chi connectivity index (χ1) is 7.09. The molecule has 15 heavy (non-hydrogen) atoms. The van der Waals surface area contributed by atoms with Crippen molar-refractivity contribution in [2.45, 2.75) is 12.5 Å². The average molecular weight is 208 g/mol. The van der Waals surface area contributed by atoms with E-state index in [-0.39, 0.29) is 12.1 Å². The monoisotopic (exact) mass is 208 g/mol. The summed E-state index contributed by atoms with van der Waals surface area (Å²) in [5.74, 6) is -1.000. The highest BCUT2D eigenvalue weighted by molar-refractivity contribution is 5.84. The molecule has 1 aliphatic heterocycles. The van der Waals surface area contributed by atoms with Gasteiger partial charge >= 0.3 is 5.97 Å². The predicted octanol–water partition coefficient (Wildman–Crippen LogP) is 1.02. The number of para-hydroxylation sites is 1. The number of carbonyl (C=O) groups is 1. The highest BCUT2D eigenvalue weighted by Crippen LogP contribution is 2.34. The van der Waals surface area contributed by atoms with Crippen LogP contribution >= 0.6 is 0 Å². The lowest BCUT2D eigenvalue weighted by atomic mass is 10.1. The van der Waals surface area contributed by atoms with Gasteiger partial charge in [-0.05, 0) is 5.56 Å². The quantitative estimate of drug-likeness (QED) is 0.559. The number of anilines is 1. The third kappa shape index (κ3) is 1.50. The van der Waals surface area contributed by atoms with Gasteiger partial charge in [-0.3, -0.25) is 10.1 Å². The fourth-order valence-electron chi connectivity index (χ4n) is 1.67. The summed E-state index contributed by atoms with van der Waals surface area (Å²) in [6.45, 7) is 0. The molecule has 1 unspecified atom stereocenters. The molecule has 1 aliphatic rings. The molecule has 2 rings (SSSR count). The summed E-state index contributed by atoms with van der Waals surface area (Å²) in [5.41, 5.74) is 0.933. The molecule has 0 aromatic heterocycles. The summed E-state index contributed by atoms with van der Waals surface area (Å²) in [4.78, 5) is 20.9. The van der Waals surface area contributed by atoms with Gasteiger partial charge in [-0.15, -0.1) is 0 Å². The van der Waals surface area contributed by atoms with Gasteiger partial charge < -0.3 is 10.4 Å². The lowest BCUT2D eigenvalue weighted by Crippen LogP contribution is -2.26. The number of nitrogens with zero attached hydrogens (tertiary/aromatic N) is 1. The summed E-state index contributed by atoms with van der Waals surface area (Å²) in [5, 5.41) is 22.1. The van der Waals surface area contributed by atoms with Gasteiger partial charge in [0.1, 0.15) is 11.7 Å². The Kier molecular flexibility index (Phi) is 2.03. The van der Waals surface area contributed by atoms with E-state index < -0.39 is 16.9 Å². The van der Waals surface area contributed by atoms with Crippen LogP contribution < -0.4 is 5.32 Å². The van der Waals surface area contributed by atoms with Crippen LogP contribution in [0, 0.1) is 10.1 Å². The second kappa shape index (κ2) is 3.23. The van der Waals surface area contributed by atoms with Crippen molar-refractivity contribution in [3.63, 3.8) is 0 Å². The van der Waals surface area contributed by atoms with Crippen LogP contribution in [0.3, 0.4) is 0 Å². The smallest absolute Gasteiger partial charge is 0.326 e. The highest BCUT2D eigenvalue weighted by Gasteiger charge is 2.31. The van der Waals surface area contributed by atoms with E-state index in [0.29, 0.717) is 11.3 Å². The molecule has 6 heteroatoms. The van der Waals surface area contributed by atoms with Crippen molar-refractivity contribution in [3.05, 3.63) is 33.9 Å². The minimum atomic E-state index is -1.000. The SMILES string of the molecule is O=C(O)C1Cc2cccc([N+](=O)[O-])c2N1. The zero-order chi connectivity index (χ0) is 11.0. The number of nitro groups is 1. The van der Waals surface area contributed by atoms with Crippen molar-refractivity contribution in [2.24, 2.45) is 0 Å². The Labute approximate surface area is 84.7 Å². The van der Waals surface area contributed by atoms with Crippen LogP contribution in [0.5, 0.6) is 0 Å². The fraction of sp³-hybridized carbons (Fsp3) is 0.222. The third-order valence-electron chi connectivity index (χ3n) is 2.37. The molecule has 1 heterocycles. The number of fused-ring (bicyclic) bond motifs is 1. The number of rotatable bonds is 2. The molecule has 0 saturated heterocycles. The molecule has 1 aromatic rings. The topological polar surface area (TPSA) is 92.5 Å². The van der Waals surface area contributed by atoms with E-state index in [0.717, 1.165) is 0 Å². The van der Waals surface area contributed by atoms with Gasteiger partial charge in [-0.2, -0.15) is 0 Å². The van der Waals surface area contributed by atoms with Gasteiger partial charge in [0, 0.05) is 12.5 Å². The molecule has 6 nitrogen and oxygen atoms in total. The number of benzene rings is 1. The Hall–Kier alpha value is -2.11. The van der Waals surface area contributed by atoms with Gasteiger partial charge in [0.05, 0.1) is 4.92 Å². The molecule has 2 N–H and O–H groups in total. The van der Waals surface area contributed by atoms with Crippen molar-refractivity contribution in [1.29, 1.82) is 0 Å². The molecule has 0 radical (unpaired) electrons. The maximum Gasteiger partial charge on any atom is 0.326 e. The molecule has 78 valence electrons. The molecular weight excluding hydrogens is 200 g/mol. The maximum atomic E-state index is 10.7. The first-order valence-electron chi connectivity index (χ1n) is 4.35. The third-order valence-corrected chi connectivity index (χ3v) is 2.37. The van der Waals surface area contributed by atoms with Crippen molar-refractivity contribution < 1.29 is 14.8 Å². The van der Waals surface area contributed by atoms with Gasteiger partial charge in [-0.1, -0.05) is 12.1 Å². The average Bonchev–Trinajstić information content (AvgIpc) is 2.60. The molecule has 1 atom stereocenters. The molecule has 0 aliphatic carbocycles. The normalized spacial score (nSPS) is 18.0. The Morgan fingerprint density at radius 2 is 2.33 bits per heavy atom. The summed E-state index contributed by atoms with van der Waals surface area (Å²) in [7, 11) is 0. The molecule has 0 spiro atoms. The summed E-state index contributed by atoms with van der Waals surface area (Å²) in [6, 6.07) is 3.85.